The summed E-state index contributed by atoms with van der Waals surface area (Å²) in [5.74, 6) is -1.74. The van der Waals surface area contributed by atoms with Gasteiger partial charge in [0.05, 0.1) is 5.41 Å². The van der Waals surface area contributed by atoms with Gasteiger partial charge in [-0.3, -0.25) is 9.59 Å². The summed E-state index contributed by atoms with van der Waals surface area (Å²) in [4.78, 5) is 26.8. The molecule has 3 atom stereocenters. The van der Waals surface area contributed by atoms with E-state index in [9.17, 15) is 22.8 Å². The molecule has 36 heavy (non-hydrogen) atoms. The minimum Gasteiger partial charge on any atom is -0.355 e. The highest BCUT2D eigenvalue weighted by Crippen LogP contribution is 2.65. The zero-order chi connectivity index (χ0) is 26.7. The fourth-order valence-corrected chi connectivity index (χ4v) is 5.23. The molecular formula is C27H35ClF3N3O2. The normalized spacial score (nSPS) is 20.5. The van der Waals surface area contributed by atoms with E-state index in [0.29, 0.717) is 30.0 Å². The fourth-order valence-electron chi connectivity index (χ4n) is 5.07. The van der Waals surface area contributed by atoms with Crippen LogP contribution in [0.2, 0.25) is 0 Å². The van der Waals surface area contributed by atoms with Gasteiger partial charge in [0.1, 0.15) is 0 Å². The van der Waals surface area contributed by atoms with Gasteiger partial charge in [0, 0.05) is 36.7 Å². The predicted octanol–water partition coefficient (Wildman–Crippen LogP) is 4.99. The number of rotatable bonds is 10. The zero-order valence-corrected chi connectivity index (χ0v) is 22.0. The molecule has 1 aromatic rings. The Morgan fingerprint density at radius 1 is 1.25 bits per heavy atom. The maximum atomic E-state index is 14.0. The lowest BCUT2D eigenvalue weighted by atomic mass is 9.73. The van der Waals surface area contributed by atoms with E-state index in [1.54, 1.807) is 31.3 Å². The molecule has 9 heteroatoms. The number of benzene rings is 1. The largest absolute Gasteiger partial charge is 0.394 e. The monoisotopic (exact) mass is 525 g/mol. The number of amides is 2. The van der Waals surface area contributed by atoms with Crippen molar-refractivity contribution in [3.63, 3.8) is 0 Å². The molecule has 0 aromatic heterocycles. The summed E-state index contributed by atoms with van der Waals surface area (Å²) in [6.45, 7) is 2.24. The van der Waals surface area contributed by atoms with Crippen molar-refractivity contribution < 1.29 is 22.8 Å². The number of halogens is 4. The van der Waals surface area contributed by atoms with Gasteiger partial charge in [-0.05, 0) is 87.9 Å². The first kappa shape index (κ1) is 28.3. The van der Waals surface area contributed by atoms with Gasteiger partial charge in [-0.2, -0.15) is 13.2 Å². The molecule has 0 saturated heterocycles. The van der Waals surface area contributed by atoms with E-state index in [2.05, 4.69) is 10.6 Å². The molecule has 2 aliphatic rings. The second kappa shape index (κ2) is 11.4. The van der Waals surface area contributed by atoms with Crippen LogP contribution in [0.4, 0.5) is 13.2 Å². The summed E-state index contributed by atoms with van der Waals surface area (Å²) in [6, 6.07) is 5.43. The average molecular weight is 526 g/mol. The maximum absolute atomic E-state index is 14.0. The molecule has 2 amide bonds. The third-order valence-corrected chi connectivity index (χ3v) is 7.91. The quantitative estimate of drug-likeness (QED) is 0.452. The van der Waals surface area contributed by atoms with E-state index in [1.807, 2.05) is 38.1 Å². The van der Waals surface area contributed by atoms with Gasteiger partial charge in [-0.15, -0.1) is 0 Å². The molecule has 5 nitrogen and oxygen atoms in total. The molecule has 0 bridgehead atoms. The number of nitrogens with one attached hydrogen (secondary N) is 2. The third-order valence-electron chi connectivity index (χ3n) is 7.63. The lowest BCUT2D eigenvalue weighted by molar-refractivity contribution is -0.207. The van der Waals surface area contributed by atoms with Crippen LogP contribution < -0.4 is 10.6 Å². The number of alkyl halides is 3. The highest BCUT2D eigenvalue weighted by Gasteiger charge is 2.67. The summed E-state index contributed by atoms with van der Waals surface area (Å²) in [7, 11) is 5.39. The van der Waals surface area contributed by atoms with E-state index < -0.39 is 17.5 Å². The summed E-state index contributed by atoms with van der Waals surface area (Å²) < 4.78 is 42.0. The van der Waals surface area contributed by atoms with Gasteiger partial charge in [0.15, 0.2) is 0 Å². The Bertz CT molecular complexity index is 1030. The number of carbonyl (C=O) groups is 2. The molecule has 0 heterocycles. The van der Waals surface area contributed by atoms with Crippen LogP contribution in [0.5, 0.6) is 0 Å². The fraction of sp³-hybridized carbons (Fsp3) is 0.556. The Labute approximate surface area is 216 Å². The van der Waals surface area contributed by atoms with Crippen molar-refractivity contribution in [2.75, 3.05) is 27.7 Å². The first-order chi connectivity index (χ1) is 16.9. The summed E-state index contributed by atoms with van der Waals surface area (Å²) in [6.07, 6.45) is 1.69. The zero-order valence-electron chi connectivity index (χ0n) is 21.2. The molecule has 0 aliphatic heterocycles. The van der Waals surface area contributed by atoms with Gasteiger partial charge in [0.25, 0.3) is 5.91 Å². The Balaban J connectivity index is 1.67. The molecule has 1 saturated carbocycles. The standard InChI is InChI=1S/C27H35ClF3N3O2/c1-17-13-20(25(36)32-2)6-5-19(17)14-22(34(3)4)16-33-24(35)15-23(18-7-9-21(28)10-8-18)26(11-12-26)27(29,30)31/h5-7,9-10,13,18,22-23H,8,11-12,14-16H2,1-4H3,(H,32,36)(H,33,35)/t18?,22-,23-/m0/s1. The SMILES string of the molecule is CNC(=O)c1ccc(C[C@@H](CNC(=O)C[C@@H](C2C=CC(Cl)=CC2)C2(C(F)(F)F)CC2)N(C)C)c(C)c1. The summed E-state index contributed by atoms with van der Waals surface area (Å²) in [5.41, 5.74) is 0.775. The Kier molecular flexibility index (Phi) is 8.93. The van der Waals surface area contributed by atoms with E-state index in [0.717, 1.165) is 11.1 Å². The van der Waals surface area contributed by atoms with Crippen LogP contribution in [0, 0.1) is 24.2 Å². The second-order valence-electron chi connectivity index (χ2n) is 10.2. The van der Waals surface area contributed by atoms with Gasteiger partial charge in [-0.1, -0.05) is 29.8 Å². The topological polar surface area (TPSA) is 61.4 Å². The number of nitrogens with zero attached hydrogens (tertiary/aromatic N) is 1. The Morgan fingerprint density at radius 3 is 2.44 bits per heavy atom. The third kappa shape index (κ3) is 6.51. The van der Waals surface area contributed by atoms with Crippen molar-refractivity contribution in [3.05, 3.63) is 58.1 Å². The van der Waals surface area contributed by atoms with Gasteiger partial charge in [-0.25, -0.2) is 0 Å². The molecule has 2 N–H and O–H groups in total. The number of carbonyl (C=O) groups excluding carboxylic acids is 2. The Hall–Kier alpha value is -2.32. The second-order valence-corrected chi connectivity index (χ2v) is 10.6. The Morgan fingerprint density at radius 2 is 1.94 bits per heavy atom. The van der Waals surface area contributed by atoms with Crippen molar-refractivity contribution in [2.24, 2.45) is 17.3 Å². The van der Waals surface area contributed by atoms with Crippen LogP contribution in [0.25, 0.3) is 0 Å². The molecule has 2 aliphatic carbocycles. The summed E-state index contributed by atoms with van der Waals surface area (Å²) >= 11 is 5.98. The van der Waals surface area contributed by atoms with E-state index >= 15 is 0 Å². The lowest BCUT2D eigenvalue weighted by Gasteiger charge is -2.34. The summed E-state index contributed by atoms with van der Waals surface area (Å²) in [5, 5.41) is 6.01. The van der Waals surface area contributed by atoms with Crippen molar-refractivity contribution in [1.29, 1.82) is 0 Å². The van der Waals surface area contributed by atoms with E-state index in [1.165, 1.54) is 0 Å². The van der Waals surface area contributed by atoms with Gasteiger partial charge >= 0.3 is 6.18 Å². The predicted molar refractivity (Wildman–Crippen MR) is 136 cm³/mol. The van der Waals surface area contributed by atoms with Crippen LogP contribution >= 0.6 is 11.6 Å². The number of hydrogen-bond acceptors (Lipinski definition) is 3. The molecule has 1 unspecified atom stereocenters. The number of likely N-dealkylation sites (N-methyl/N-ethyl adjacent to an activating group) is 1. The number of allylic oxidation sites excluding steroid dienone is 4. The van der Waals surface area contributed by atoms with Crippen molar-refractivity contribution in [1.82, 2.24) is 15.5 Å². The van der Waals surface area contributed by atoms with Crippen LogP contribution in [0.1, 0.15) is 47.2 Å². The lowest BCUT2D eigenvalue weighted by Crippen LogP contribution is -2.44. The molecule has 198 valence electrons. The van der Waals surface area contributed by atoms with Gasteiger partial charge < -0.3 is 15.5 Å². The molecule has 1 fully saturated rings. The van der Waals surface area contributed by atoms with Gasteiger partial charge in [0.2, 0.25) is 5.91 Å². The minimum atomic E-state index is -4.35. The van der Waals surface area contributed by atoms with Crippen LogP contribution in [0.15, 0.2) is 41.5 Å². The molecular weight excluding hydrogens is 491 g/mol. The highest BCUT2D eigenvalue weighted by atomic mass is 35.5. The van der Waals surface area contributed by atoms with Crippen LogP contribution in [-0.4, -0.2) is 56.6 Å². The van der Waals surface area contributed by atoms with Crippen molar-refractivity contribution in [3.8, 4) is 0 Å². The smallest absolute Gasteiger partial charge is 0.355 e. The van der Waals surface area contributed by atoms with E-state index in [4.69, 9.17) is 11.6 Å². The molecule has 0 spiro atoms. The van der Waals surface area contributed by atoms with Crippen molar-refractivity contribution >= 4 is 23.4 Å². The van der Waals surface area contributed by atoms with Crippen LogP contribution in [-0.2, 0) is 11.2 Å². The van der Waals surface area contributed by atoms with Crippen LogP contribution in [0.3, 0.4) is 0 Å². The molecule has 3 rings (SSSR count). The molecule has 0 radical (unpaired) electrons. The first-order valence-corrected chi connectivity index (χ1v) is 12.6. The first-order valence-electron chi connectivity index (χ1n) is 12.2. The van der Waals surface area contributed by atoms with Crippen molar-refractivity contribution in [2.45, 2.75) is 51.2 Å². The average Bonchev–Trinajstić information content (AvgIpc) is 3.63. The number of aryl methyl sites for hydroxylation is 1. The maximum Gasteiger partial charge on any atom is 0.394 e. The number of hydrogen-bond donors (Lipinski definition) is 2. The molecule has 1 aromatic carbocycles. The van der Waals surface area contributed by atoms with E-state index in [-0.39, 0.29) is 43.0 Å². The highest BCUT2D eigenvalue weighted by molar-refractivity contribution is 6.31. The minimum absolute atomic E-state index is 0.0574.